The number of likely N-dealkylation sites (tertiary alicyclic amines) is 1. The number of halogens is 3. The van der Waals surface area contributed by atoms with Gasteiger partial charge in [0.1, 0.15) is 29.2 Å². The van der Waals surface area contributed by atoms with E-state index in [9.17, 15) is 24.6 Å². The van der Waals surface area contributed by atoms with Gasteiger partial charge in [0.2, 0.25) is 5.91 Å². The van der Waals surface area contributed by atoms with Gasteiger partial charge in [-0.05, 0) is 135 Å². The molecule has 4 aromatic heterocycles. The lowest BCUT2D eigenvalue weighted by atomic mass is 9.84. The number of carbonyl (C=O) groups is 3. The molecule has 0 radical (unpaired) electrons. The highest BCUT2D eigenvalue weighted by Gasteiger charge is 2.42. The number of para-hydroxylation sites is 1. The number of aliphatic hydroxyl groups excluding tert-OH is 1. The predicted octanol–water partition coefficient (Wildman–Crippen LogP) is 9.66. The number of carboxylic acids is 1. The van der Waals surface area contributed by atoms with Crippen LogP contribution in [0.1, 0.15) is 107 Å². The standard InChI is InChI=1S/C58H61F3N10O6S/c1-68-53-41(51(67-68)42-21-24-49(72)65-55(42)74)20-23-48(64-53)71-30-35-28-69(29-36(35)31-71)26-5-4-8-33-15-17-37(18-16-33)77-45-13-7-10-38(50(45)58(59,60)61)39-19-22-47(63-52(39)56(75)76)70-27-25-34-9-6-11-40(43(34)32-70)54(73)66-57-62-44-12-2-3-14-46(44)78-57/h2-3,6-7,9-14,19-20,22-23,33,35-37,42,49,72H,4-5,8,15-18,21,24-32H2,1H3,(H,65,74)(H,75,76)(H,62,66,73)/t33?,35-,36+,37?,42?,49?. The number of thiazole rings is 1. The Labute approximate surface area is 452 Å². The third-order valence-electron chi connectivity index (χ3n) is 16.7. The van der Waals surface area contributed by atoms with Crippen molar-refractivity contribution in [1.82, 2.24) is 34.9 Å². The fraction of sp³-hybridized carbons (Fsp3) is 0.431. The van der Waals surface area contributed by atoms with Gasteiger partial charge in [0.15, 0.2) is 16.5 Å². The van der Waals surface area contributed by atoms with Crippen LogP contribution in [0.25, 0.3) is 32.4 Å². The van der Waals surface area contributed by atoms with E-state index >= 15 is 13.2 Å². The number of aromatic carboxylic acids is 1. The molecule has 7 aromatic rings. The molecule has 20 heteroatoms. The SMILES string of the molecule is Cn1nc(C2CCC(O)NC2=O)c2ccc(N3C[C@H]4CN(CCCCC5CCC(Oc6cccc(-c7ccc(N8CCc9cccc(C(=O)Nc%10nc%11ccccc%11s%10)c9C8)nc7C(=O)O)c6C(F)(F)F)CC5)C[C@H]4C3)nc21. The maximum absolute atomic E-state index is 15.2. The summed E-state index contributed by atoms with van der Waals surface area (Å²) in [5.74, 6) is 0.0614. The van der Waals surface area contributed by atoms with E-state index in [2.05, 4.69) is 35.5 Å². The van der Waals surface area contributed by atoms with Gasteiger partial charge in [-0.25, -0.2) is 19.7 Å². The molecule has 78 heavy (non-hydrogen) atoms. The van der Waals surface area contributed by atoms with E-state index in [0.717, 1.165) is 103 Å². The van der Waals surface area contributed by atoms with Crippen LogP contribution in [0.2, 0.25) is 0 Å². The number of aryl methyl sites for hydroxylation is 1. The molecule has 1 aliphatic carbocycles. The first-order valence-corrected chi connectivity index (χ1v) is 28.0. The summed E-state index contributed by atoms with van der Waals surface area (Å²) in [6.07, 6.45) is 1.71. The molecule has 0 spiro atoms. The van der Waals surface area contributed by atoms with Crippen LogP contribution in [0.5, 0.6) is 5.75 Å². The second-order valence-corrected chi connectivity index (χ2v) is 22.8. The van der Waals surface area contributed by atoms with Gasteiger partial charge in [0, 0.05) is 68.4 Å². The molecule has 16 nitrogen and oxygen atoms in total. The van der Waals surface area contributed by atoms with Crippen molar-refractivity contribution in [3.05, 3.63) is 119 Å². The summed E-state index contributed by atoms with van der Waals surface area (Å²) >= 11 is 1.37. The number of carboxylic acid groups (broad SMARTS) is 1. The Balaban J connectivity index is 0.632. The van der Waals surface area contributed by atoms with Crippen molar-refractivity contribution in [3.8, 4) is 16.9 Å². The zero-order chi connectivity index (χ0) is 53.8. The number of aliphatic hydroxyl groups is 1. The molecule has 4 atom stereocenters. The second-order valence-electron chi connectivity index (χ2n) is 21.7. The number of unbranched alkanes of at least 4 members (excludes halogenated alkanes) is 1. The fourth-order valence-electron chi connectivity index (χ4n) is 12.8. The number of alkyl halides is 3. The Morgan fingerprint density at radius 3 is 2.37 bits per heavy atom. The highest BCUT2D eigenvalue weighted by Crippen LogP contribution is 2.46. The number of anilines is 3. The summed E-state index contributed by atoms with van der Waals surface area (Å²) in [4.78, 5) is 60.0. The third kappa shape index (κ3) is 10.4. The summed E-state index contributed by atoms with van der Waals surface area (Å²) in [6, 6.07) is 24.2. The predicted molar refractivity (Wildman–Crippen MR) is 291 cm³/mol. The van der Waals surface area contributed by atoms with Crippen LogP contribution in [0.3, 0.4) is 0 Å². The van der Waals surface area contributed by atoms with Crippen molar-refractivity contribution in [2.24, 2.45) is 24.8 Å². The molecule has 3 aromatic carbocycles. The van der Waals surface area contributed by atoms with Crippen LogP contribution in [-0.2, 0) is 31.0 Å². The number of piperidine rings is 1. The first-order valence-electron chi connectivity index (χ1n) is 27.1. The Hall–Kier alpha value is -7.16. The van der Waals surface area contributed by atoms with Gasteiger partial charge in [-0.15, -0.1) is 0 Å². The summed E-state index contributed by atoms with van der Waals surface area (Å²) in [7, 11) is 1.86. The number of fused-ring (bicyclic) bond motifs is 4. The molecule has 406 valence electrons. The summed E-state index contributed by atoms with van der Waals surface area (Å²) in [5, 5.41) is 31.9. The van der Waals surface area contributed by atoms with E-state index in [1.165, 1.54) is 35.6 Å². The largest absolute Gasteiger partial charge is 0.490 e. The van der Waals surface area contributed by atoms with Crippen molar-refractivity contribution >= 4 is 67.1 Å². The molecular formula is C58H61F3N10O6S. The normalized spacial score (nSPS) is 22.7. The van der Waals surface area contributed by atoms with Gasteiger partial charge >= 0.3 is 12.1 Å². The molecule has 12 rings (SSSR count). The van der Waals surface area contributed by atoms with Crippen molar-refractivity contribution in [3.63, 3.8) is 0 Å². The van der Waals surface area contributed by atoms with Crippen LogP contribution in [0.4, 0.5) is 29.9 Å². The van der Waals surface area contributed by atoms with Crippen LogP contribution < -0.4 is 25.2 Å². The van der Waals surface area contributed by atoms with Gasteiger partial charge < -0.3 is 35.0 Å². The molecular weight excluding hydrogens is 1020 g/mol. The highest BCUT2D eigenvalue weighted by molar-refractivity contribution is 7.22. The van der Waals surface area contributed by atoms with Crippen LogP contribution >= 0.6 is 11.3 Å². The molecule has 0 bridgehead atoms. The topological polar surface area (TPSA) is 191 Å². The lowest BCUT2D eigenvalue weighted by molar-refractivity contribution is -0.139. The van der Waals surface area contributed by atoms with Crippen LogP contribution in [0, 0.1) is 17.8 Å². The number of pyridine rings is 2. The van der Waals surface area contributed by atoms with Gasteiger partial charge in [-0.3, -0.25) is 19.6 Å². The molecule has 2 unspecified atom stereocenters. The lowest BCUT2D eigenvalue weighted by Gasteiger charge is -2.31. The average Bonchev–Trinajstić information content (AvgIpc) is 4.29. The first kappa shape index (κ1) is 51.6. The quantitative estimate of drug-likeness (QED) is 0.0754. The summed E-state index contributed by atoms with van der Waals surface area (Å²) < 4.78 is 54.5. The minimum absolute atomic E-state index is 0.164. The zero-order valence-corrected chi connectivity index (χ0v) is 44.0. The van der Waals surface area contributed by atoms with Crippen LogP contribution in [-0.4, -0.2) is 109 Å². The zero-order valence-electron chi connectivity index (χ0n) is 43.2. The Bertz CT molecular complexity index is 3390. The number of amides is 2. The van der Waals surface area contributed by atoms with E-state index in [1.54, 1.807) is 16.8 Å². The average molecular weight is 1080 g/mol. The molecule has 3 saturated heterocycles. The molecule has 1 saturated carbocycles. The maximum Gasteiger partial charge on any atom is 0.420 e. The number of hydrogen-bond acceptors (Lipinski definition) is 13. The minimum Gasteiger partial charge on any atom is -0.490 e. The van der Waals surface area contributed by atoms with Gasteiger partial charge in [-0.1, -0.05) is 60.6 Å². The highest BCUT2D eigenvalue weighted by atomic mass is 32.1. The number of nitrogens with zero attached hydrogens (tertiary/aromatic N) is 8. The summed E-state index contributed by atoms with van der Waals surface area (Å²) in [6.45, 7) is 5.71. The molecule has 4 aliphatic heterocycles. The smallest absolute Gasteiger partial charge is 0.420 e. The van der Waals surface area contributed by atoms with Gasteiger partial charge in [0.05, 0.1) is 27.9 Å². The van der Waals surface area contributed by atoms with E-state index < -0.39 is 41.7 Å². The fourth-order valence-corrected chi connectivity index (χ4v) is 13.7. The number of rotatable bonds is 14. The van der Waals surface area contributed by atoms with E-state index in [1.807, 2.05) is 60.5 Å². The maximum atomic E-state index is 15.2. The van der Waals surface area contributed by atoms with Gasteiger partial charge in [-0.2, -0.15) is 18.3 Å². The van der Waals surface area contributed by atoms with E-state index in [-0.39, 0.29) is 41.1 Å². The molecule has 4 fully saturated rings. The van der Waals surface area contributed by atoms with Crippen molar-refractivity contribution in [2.45, 2.75) is 95.2 Å². The van der Waals surface area contributed by atoms with Crippen molar-refractivity contribution < 1.29 is 42.5 Å². The molecule has 5 aliphatic rings. The van der Waals surface area contributed by atoms with Crippen LogP contribution in [0.15, 0.2) is 84.9 Å². The third-order valence-corrected chi connectivity index (χ3v) is 17.7. The monoisotopic (exact) mass is 1080 g/mol. The van der Waals surface area contributed by atoms with Crippen molar-refractivity contribution in [1.29, 1.82) is 0 Å². The number of aromatic nitrogens is 5. The second kappa shape index (κ2) is 21.2. The Kier molecular flexibility index (Phi) is 14.0. The number of carbonyl (C=O) groups excluding carboxylic acids is 2. The summed E-state index contributed by atoms with van der Waals surface area (Å²) in [5.41, 5.74) is 2.38. The molecule has 8 heterocycles. The van der Waals surface area contributed by atoms with E-state index in [4.69, 9.17) is 9.72 Å². The van der Waals surface area contributed by atoms with E-state index in [0.29, 0.717) is 72.8 Å². The Morgan fingerprint density at radius 2 is 1.60 bits per heavy atom. The number of benzene rings is 3. The molecule has 2 amide bonds. The number of nitrogens with one attached hydrogen (secondary N) is 2. The number of hydrogen-bond donors (Lipinski definition) is 4. The molecule has 4 N–H and O–H groups in total. The Morgan fingerprint density at radius 1 is 0.833 bits per heavy atom. The minimum atomic E-state index is -4.86. The van der Waals surface area contributed by atoms with Crippen molar-refractivity contribution in [2.75, 3.05) is 54.4 Å². The lowest BCUT2D eigenvalue weighted by Crippen LogP contribution is -2.42. The number of ether oxygens (including phenoxy) is 1. The first-order chi connectivity index (χ1) is 37.7. The van der Waals surface area contributed by atoms with Gasteiger partial charge in [0.25, 0.3) is 5.91 Å².